The fraction of sp³-hybridized carbons (Fsp3) is 0.214. The van der Waals surface area contributed by atoms with E-state index >= 15 is 0 Å². The Hall–Kier alpha value is -2.47. The van der Waals surface area contributed by atoms with E-state index in [4.69, 9.17) is 5.11 Å². The molecule has 3 N–H and O–H groups in total. The fourth-order valence-corrected chi connectivity index (χ4v) is 1.71. The molecule has 0 saturated heterocycles. The molecule has 2 rings (SSSR count). The summed E-state index contributed by atoms with van der Waals surface area (Å²) >= 11 is 0. The highest BCUT2D eigenvalue weighted by Gasteiger charge is 2.30. The van der Waals surface area contributed by atoms with Gasteiger partial charge in [-0.2, -0.15) is 0 Å². The smallest absolute Gasteiger partial charge is 0.337 e. The van der Waals surface area contributed by atoms with Crippen LogP contribution in [-0.2, 0) is 4.79 Å². The molecule has 0 fully saturated rings. The van der Waals surface area contributed by atoms with Crippen molar-refractivity contribution in [2.24, 2.45) is 0 Å². The molecule has 104 valence electrons. The third kappa shape index (κ3) is 2.75. The first kappa shape index (κ1) is 14.0. The van der Waals surface area contributed by atoms with Gasteiger partial charge < -0.3 is 15.5 Å². The number of pyridine rings is 1. The van der Waals surface area contributed by atoms with Crippen molar-refractivity contribution >= 4 is 22.6 Å². The lowest BCUT2D eigenvalue weighted by molar-refractivity contribution is -0.155. The Bertz CT molecular complexity index is 662. The summed E-state index contributed by atoms with van der Waals surface area (Å²) in [5.74, 6) is -1.92. The van der Waals surface area contributed by atoms with E-state index in [0.717, 1.165) is 12.3 Å². The fourth-order valence-electron chi connectivity index (χ4n) is 1.71. The molecule has 6 heteroatoms. The second-order valence-corrected chi connectivity index (χ2v) is 4.64. The van der Waals surface area contributed by atoms with Crippen LogP contribution in [-0.4, -0.2) is 39.2 Å². The van der Waals surface area contributed by atoms with Crippen LogP contribution in [0.25, 0.3) is 10.8 Å². The Labute approximate surface area is 115 Å². The number of aliphatic hydroxyl groups is 1. The first-order chi connectivity index (χ1) is 9.42. The summed E-state index contributed by atoms with van der Waals surface area (Å²) in [6.45, 7) is 0.720. The number of carbonyl (C=O) groups excluding carboxylic acids is 1. The summed E-state index contributed by atoms with van der Waals surface area (Å²) in [5, 5.41) is 22.3. The zero-order valence-electron chi connectivity index (χ0n) is 10.8. The number of carboxylic acid groups (broad SMARTS) is 1. The van der Waals surface area contributed by atoms with Gasteiger partial charge in [0.05, 0.1) is 6.54 Å². The Kier molecular flexibility index (Phi) is 3.67. The molecule has 0 bridgehead atoms. The average molecular weight is 274 g/mol. The summed E-state index contributed by atoms with van der Waals surface area (Å²) in [4.78, 5) is 26.8. The minimum absolute atomic E-state index is 0.198. The van der Waals surface area contributed by atoms with Crippen LogP contribution in [0.15, 0.2) is 36.5 Å². The van der Waals surface area contributed by atoms with Gasteiger partial charge in [0.25, 0.3) is 5.91 Å². The lowest BCUT2D eigenvalue weighted by Gasteiger charge is -2.18. The van der Waals surface area contributed by atoms with E-state index < -0.39 is 24.0 Å². The molecule has 1 atom stereocenters. The van der Waals surface area contributed by atoms with Crippen molar-refractivity contribution < 1.29 is 19.8 Å². The normalized spacial score (nSPS) is 13.7. The number of benzene rings is 1. The molecule has 1 unspecified atom stereocenters. The summed E-state index contributed by atoms with van der Waals surface area (Å²) in [6.07, 6.45) is 1.51. The molecule has 0 aliphatic carbocycles. The summed E-state index contributed by atoms with van der Waals surface area (Å²) < 4.78 is 0. The van der Waals surface area contributed by atoms with Crippen LogP contribution in [0.1, 0.15) is 17.4 Å². The maximum atomic E-state index is 12.1. The second kappa shape index (κ2) is 5.26. The molecule has 1 aromatic heterocycles. The minimum Gasteiger partial charge on any atom is -0.479 e. The number of rotatable bonds is 4. The highest BCUT2D eigenvalue weighted by atomic mass is 16.4. The lowest BCUT2D eigenvalue weighted by atomic mass is 10.1. The Morgan fingerprint density at radius 3 is 2.70 bits per heavy atom. The predicted octanol–water partition coefficient (Wildman–Crippen LogP) is 0.800. The largest absolute Gasteiger partial charge is 0.479 e. The van der Waals surface area contributed by atoms with E-state index in [1.807, 2.05) is 12.1 Å². The van der Waals surface area contributed by atoms with Gasteiger partial charge in [-0.3, -0.25) is 9.78 Å². The van der Waals surface area contributed by atoms with Gasteiger partial charge in [-0.15, -0.1) is 0 Å². The van der Waals surface area contributed by atoms with Crippen molar-refractivity contribution in [3.63, 3.8) is 0 Å². The van der Waals surface area contributed by atoms with Crippen LogP contribution >= 0.6 is 0 Å². The van der Waals surface area contributed by atoms with Gasteiger partial charge in [-0.05, 0) is 18.4 Å². The standard InChI is InChI=1S/C14H14N2O4/c1-14(20,13(18)19)8-16-12(17)11-10-5-3-2-4-9(10)6-7-15-11/h2-7,20H,8H2,1H3,(H,16,17)(H,18,19). The Balaban J connectivity index is 2.22. The molecule has 1 heterocycles. The van der Waals surface area contributed by atoms with Crippen molar-refractivity contribution in [2.75, 3.05) is 6.54 Å². The van der Waals surface area contributed by atoms with Crippen molar-refractivity contribution in [3.8, 4) is 0 Å². The van der Waals surface area contributed by atoms with Crippen LogP contribution in [0, 0.1) is 0 Å². The van der Waals surface area contributed by atoms with Gasteiger partial charge in [-0.1, -0.05) is 24.3 Å². The van der Waals surface area contributed by atoms with Crippen LogP contribution in [0.3, 0.4) is 0 Å². The van der Waals surface area contributed by atoms with Gasteiger partial charge >= 0.3 is 5.97 Å². The summed E-state index contributed by atoms with van der Waals surface area (Å²) in [5.41, 5.74) is -1.82. The van der Waals surface area contributed by atoms with Crippen LogP contribution in [0.2, 0.25) is 0 Å². The minimum atomic E-state index is -2.01. The number of fused-ring (bicyclic) bond motifs is 1. The van der Waals surface area contributed by atoms with Crippen molar-refractivity contribution in [2.45, 2.75) is 12.5 Å². The molecule has 0 aliphatic rings. The third-order valence-corrected chi connectivity index (χ3v) is 2.94. The zero-order chi connectivity index (χ0) is 14.8. The average Bonchev–Trinajstić information content (AvgIpc) is 2.44. The van der Waals surface area contributed by atoms with E-state index in [1.54, 1.807) is 18.2 Å². The molecular weight excluding hydrogens is 260 g/mol. The number of aliphatic carboxylic acids is 1. The molecule has 0 aliphatic heterocycles. The van der Waals surface area contributed by atoms with Crippen LogP contribution in [0.5, 0.6) is 0 Å². The molecule has 6 nitrogen and oxygen atoms in total. The Morgan fingerprint density at radius 1 is 1.30 bits per heavy atom. The topological polar surface area (TPSA) is 99.5 Å². The van der Waals surface area contributed by atoms with Gasteiger partial charge in [0, 0.05) is 11.6 Å². The van der Waals surface area contributed by atoms with Gasteiger partial charge in [0.2, 0.25) is 0 Å². The number of nitrogens with zero attached hydrogens (tertiary/aromatic N) is 1. The first-order valence-corrected chi connectivity index (χ1v) is 5.99. The molecule has 1 aromatic carbocycles. The number of hydrogen-bond donors (Lipinski definition) is 3. The van der Waals surface area contributed by atoms with Crippen molar-refractivity contribution in [1.29, 1.82) is 0 Å². The SMILES string of the molecule is CC(O)(CNC(=O)c1nccc2ccccc12)C(=O)O. The zero-order valence-corrected chi connectivity index (χ0v) is 10.8. The number of amides is 1. The number of carbonyl (C=O) groups is 2. The highest BCUT2D eigenvalue weighted by Crippen LogP contribution is 2.16. The number of carboxylic acids is 1. The maximum Gasteiger partial charge on any atom is 0.337 e. The molecule has 20 heavy (non-hydrogen) atoms. The van der Waals surface area contributed by atoms with Crippen LogP contribution < -0.4 is 5.32 Å². The summed E-state index contributed by atoms with van der Waals surface area (Å²) in [7, 11) is 0. The van der Waals surface area contributed by atoms with Crippen molar-refractivity contribution in [1.82, 2.24) is 10.3 Å². The third-order valence-electron chi connectivity index (χ3n) is 2.94. The predicted molar refractivity (Wildman–Crippen MR) is 72.3 cm³/mol. The monoisotopic (exact) mass is 274 g/mol. The highest BCUT2D eigenvalue weighted by molar-refractivity contribution is 6.05. The molecular formula is C14H14N2O4. The molecule has 0 saturated carbocycles. The summed E-state index contributed by atoms with van der Waals surface area (Å²) in [6, 6.07) is 9.01. The van der Waals surface area contributed by atoms with E-state index in [0.29, 0.717) is 5.39 Å². The number of hydrogen-bond acceptors (Lipinski definition) is 4. The molecule has 0 spiro atoms. The quantitative estimate of drug-likeness (QED) is 0.765. The van der Waals surface area contributed by atoms with E-state index in [-0.39, 0.29) is 5.69 Å². The number of nitrogens with one attached hydrogen (secondary N) is 1. The molecule has 1 amide bonds. The second-order valence-electron chi connectivity index (χ2n) is 4.64. The first-order valence-electron chi connectivity index (χ1n) is 5.99. The van der Waals surface area contributed by atoms with E-state index in [2.05, 4.69) is 10.3 Å². The van der Waals surface area contributed by atoms with Gasteiger partial charge in [0.1, 0.15) is 5.69 Å². The van der Waals surface area contributed by atoms with Gasteiger partial charge in [0.15, 0.2) is 5.60 Å². The van der Waals surface area contributed by atoms with E-state index in [9.17, 15) is 14.7 Å². The van der Waals surface area contributed by atoms with Gasteiger partial charge in [-0.25, -0.2) is 4.79 Å². The lowest BCUT2D eigenvalue weighted by Crippen LogP contribution is -2.46. The van der Waals surface area contributed by atoms with Crippen LogP contribution in [0.4, 0.5) is 0 Å². The molecule has 2 aromatic rings. The van der Waals surface area contributed by atoms with E-state index in [1.165, 1.54) is 6.20 Å². The van der Waals surface area contributed by atoms with Crippen molar-refractivity contribution in [3.05, 3.63) is 42.2 Å². The number of aromatic nitrogens is 1. The Morgan fingerprint density at radius 2 is 2.00 bits per heavy atom. The maximum absolute atomic E-state index is 12.1. The molecule has 0 radical (unpaired) electrons.